The standard InChI is InChI=1S/C18H19N3O2S/c1-2-6-17(23)20-21-18(24)19-16(22)12-11-14-9-5-8-13-7-3-4-10-15(13)14/h3-5,7-12H,2,6H2,1H3,(H,20,23)(H2,19,21,22,24)/b12-11+. The third-order valence-corrected chi connectivity index (χ3v) is 3.47. The van der Waals surface area contributed by atoms with Crippen molar-refractivity contribution in [3.63, 3.8) is 0 Å². The van der Waals surface area contributed by atoms with E-state index in [-0.39, 0.29) is 16.9 Å². The Morgan fingerprint density at radius 1 is 1.08 bits per heavy atom. The van der Waals surface area contributed by atoms with Crippen LogP contribution in [0.3, 0.4) is 0 Å². The number of carbonyl (C=O) groups is 2. The number of rotatable bonds is 4. The van der Waals surface area contributed by atoms with Gasteiger partial charge in [-0.2, -0.15) is 0 Å². The van der Waals surface area contributed by atoms with Crippen molar-refractivity contribution in [1.82, 2.24) is 16.2 Å². The summed E-state index contributed by atoms with van der Waals surface area (Å²) >= 11 is 4.95. The van der Waals surface area contributed by atoms with Crippen LogP contribution in [-0.2, 0) is 9.59 Å². The zero-order chi connectivity index (χ0) is 17.4. The number of hydrogen-bond donors (Lipinski definition) is 3. The van der Waals surface area contributed by atoms with E-state index in [1.807, 2.05) is 49.4 Å². The minimum Gasteiger partial charge on any atom is -0.298 e. The molecule has 24 heavy (non-hydrogen) atoms. The Morgan fingerprint density at radius 2 is 1.83 bits per heavy atom. The fourth-order valence-corrected chi connectivity index (χ4v) is 2.31. The number of fused-ring (bicyclic) bond motifs is 1. The highest BCUT2D eigenvalue weighted by molar-refractivity contribution is 7.80. The van der Waals surface area contributed by atoms with Crippen LogP contribution in [0.4, 0.5) is 0 Å². The van der Waals surface area contributed by atoms with Gasteiger partial charge in [-0.1, -0.05) is 49.4 Å². The molecule has 0 bridgehead atoms. The lowest BCUT2D eigenvalue weighted by Crippen LogP contribution is -2.48. The third-order valence-electron chi connectivity index (χ3n) is 3.27. The lowest BCUT2D eigenvalue weighted by Gasteiger charge is -2.09. The van der Waals surface area contributed by atoms with Crippen LogP contribution in [0, 0.1) is 0 Å². The highest BCUT2D eigenvalue weighted by Gasteiger charge is 2.03. The number of thiocarbonyl (C=S) groups is 1. The van der Waals surface area contributed by atoms with E-state index >= 15 is 0 Å². The predicted octanol–water partition coefficient (Wildman–Crippen LogP) is 2.68. The van der Waals surface area contributed by atoms with Crippen LogP contribution in [0.25, 0.3) is 16.8 Å². The number of hydrazine groups is 1. The third kappa shape index (κ3) is 5.17. The number of benzene rings is 2. The van der Waals surface area contributed by atoms with Gasteiger partial charge in [0.25, 0.3) is 0 Å². The number of carbonyl (C=O) groups excluding carboxylic acids is 2. The average Bonchev–Trinajstić information content (AvgIpc) is 2.58. The van der Waals surface area contributed by atoms with Crippen molar-refractivity contribution in [1.29, 1.82) is 0 Å². The Balaban J connectivity index is 1.93. The molecule has 2 amide bonds. The van der Waals surface area contributed by atoms with Crippen LogP contribution in [-0.4, -0.2) is 16.9 Å². The topological polar surface area (TPSA) is 70.2 Å². The fraction of sp³-hybridized carbons (Fsp3) is 0.167. The van der Waals surface area contributed by atoms with Gasteiger partial charge in [-0.25, -0.2) is 0 Å². The Morgan fingerprint density at radius 3 is 2.62 bits per heavy atom. The molecule has 5 nitrogen and oxygen atoms in total. The summed E-state index contributed by atoms with van der Waals surface area (Å²) in [5, 5.41) is 4.70. The van der Waals surface area contributed by atoms with Crippen LogP contribution >= 0.6 is 12.2 Å². The summed E-state index contributed by atoms with van der Waals surface area (Å²) in [6.07, 6.45) is 4.27. The maximum Gasteiger partial charge on any atom is 0.250 e. The molecular weight excluding hydrogens is 322 g/mol. The van der Waals surface area contributed by atoms with E-state index < -0.39 is 0 Å². The molecule has 3 N–H and O–H groups in total. The molecule has 2 aromatic rings. The first-order chi connectivity index (χ1) is 11.6. The van der Waals surface area contributed by atoms with Gasteiger partial charge in [0, 0.05) is 12.5 Å². The van der Waals surface area contributed by atoms with Crippen molar-refractivity contribution >= 4 is 46.0 Å². The van der Waals surface area contributed by atoms with Gasteiger partial charge < -0.3 is 0 Å². The smallest absolute Gasteiger partial charge is 0.250 e. The SMILES string of the molecule is CCCC(=O)NNC(=S)NC(=O)/C=C/c1cccc2ccccc12. The number of nitrogens with one attached hydrogen (secondary N) is 3. The zero-order valence-electron chi connectivity index (χ0n) is 13.3. The monoisotopic (exact) mass is 341 g/mol. The molecular formula is C18H19N3O2S. The first-order valence-corrected chi connectivity index (χ1v) is 8.06. The zero-order valence-corrected chi connectivity index (χ0v) is 14.2. The Hall–Kier alpha value is -2.73. The molecule has 2 rings (SSSR count). The van der Waals surface area contributed by atoms with Gasteiger partial charge in [0.1, 0.15) is 0 Å². The van der Waals surface area contributed by atoms with Crippen LogP contribution in [0.2, 0.25) is 0 Å². The summed E-state index contributed by atoms with van der Waals surface area (Å²) in [5.41, 5.74) is 5.85. The summed E-state index contributed by atoms with van der Waals surface area (Å²) in [7, 11) is 0. The summed E-state index contributed by atoms with van der Waals surface area (Å²) < 4.78 is 0. The van der Waals surface area contributed by atoms with E-state index in [0.717, 1.165) is 22.8 Å². The second kappa shape index (κ2) is 8.79. The summed E-state index contributed by atoms with van der Waals surface area (Å²) in [6, 6.07) is 13.8. The molecule has 0 saturated carbocycles. The molecule has 0 aliphatic heterocycles. The van der Waals surface area contributed by atoms with Crippen molar-refractivity contribution in [2.75, 3.05) is 0 Å². The van der Waals surface area contributed by atoms with Crippen molar-refractivity contribution in [3.05, 3.63) is 54.1 Å². The van der Waals surface area contributed by atoms with E-state index in [9.17, 15) is 9.59 Å². The van der Waals surface area contributed by atoms with E-state index in [0.29, 0.717) is 6.42 Å². The quantitative estimate of drug-likeness (QED) is 0.454. The average molecular weight is 341 g/mol. The molecule has 0 spiro atoms. The minimum atomic E-state index is -0.370. The van der Waals surface area contributed by atoms with Crippen molar-refractivity contribution < 1.29 is 9.59 Å². The lowest BCUT2D eigenvalue weighted by atomic mass is 10.0. The van der Waals surface area contributed by atoms with Crippen molar-refractivity contribution in [2.24, 2.45) is 0 Å². The molecule has 0 unspecified atom stereocenters. The van der Waals surface area contributed by atoms with Crippen LogP contribution in [0.15, 0.2) is 48.5 Å². The molecule has 0 aliphatic rings. The van der Waals surface area contributed by atoms with Gasteiger partial charge in [-0.15, -0.1) is 0 Å². The van der Waals surface area contributed by atoms with Crippen LogP contribution in [0.1, 0.15) is 25.3 Å². The number of amides is 2. The first-order valence-electron chi connectivity index (χ1n) is 7.66. The second-order valence-electron chi connectivity index (χ2n) is 5.14. The van der Waals surface area contributed by atoms with Crippen molar-refractivity contribution in [3.8, 4) is 0 Å². The fourth-order valence-electron chi connectivity index (χ4n) is 2.16. The first kappa shape index (κ1) is 17.6. The van der Waals surface area contributed by atoms with Crippen LogP contribution in [0.5, 0.6) is 0 Å². The summed E-state index contributed by atoms with van der Waals surface area (Å²) in [6.45, 7) is 1.90. The van der Waals surface area contributed by atoms with Gasteiger partial charge in [0.15, 0.2) is 5.11 Å². The predicted molar refractivity (Wildman–Crippen MR) is 99.9 cm³/mol. The molecule has 124 valence electrons. The van der Waals surface area contributed by atoms with Crippen LogP contribution < -0.4 is 16.2 Å². The van der Waals surface area contributed by atoms with E-state index in [1.54, 1.807) is 6.08 Å². The molecule has 6 heteroatoms. The van der Waals surface area contributed by atoms with E-state index in [4.69, 9.17) is 12.2 Å². The highest BCUT2D eigenvalue weighted by atomic mass is 32.1. The molecule has 0 saturated heterocycles. The van der Waals surface area contributed by atoms with Gasteiger partial charge >= 0.3 is 0 Å². The molecule has 0 fully saturated rings. The maximum absolute atomic E-state index is 11.9. The summed E-state index contributed by atoms with van der Waals surface area (Å²) in [4.78, 5) is 23.2. The Labute approximate surface area is 146 Å². The molecule has 0 radical (unpaired) electrons. The lowest BCUT2D eigenvalue weighted by molar-refractivity contribution is -0.122. The van der Waals surface area contributed by atoms with E-state index in [1.165, 1.54) is 6.08 Å². The van der Waals surface area contributed by atoms with Gasteiger partial charge in [-0.3, -0.25) is 25.8 Å². The van der Waals surface area contributed by atoms with Gasteiger partial charge in [-0.05, 0) is 41.1 Å². The molecule has 0 atom stereocenters. The Kier molecular flexibility index (Phi) is 6.45. The molecule has 0 aliphatic carbocycles. The van der Waals surface area contributed by atoms with Gasteiger partial charge in [0.05, 0.1) is 0 Å². The van der Waals surface area contributed by atoms with Gasteiger partial charge in [0.2, 0.25) is 11.8 Å². The number of hydrogen-bond acceptors (Lipinski definition) is 3. The second-order valence-corrected chi connectivity index (χ2v) is 5.55. The maximum atomic E-state index is 11.9. The normalized spacial score (nSPS) is 10.5. The summed E-state index contributed by atoms with van der Waals surface area (Å²) in [5.74, 6) is -0.550. The van der Waals surface area contributed by atoms with E-state index in [2.05, 4.69) is 16.2 Å². The minimum absolute atomic E-state index is 0.0482. The Bertz CT molecular complexity index is 781. The molecule has 2 aromatic carbocycles. The van der Waals surface area contributed by atoms with Crippen molar-refractivity contribution in [2.45, 2.75) is 19.8 Å². The largest absolute Gasteiger partial charge is 0.298 e. The molecule has 0 aromatic heterocycles. The highest BCUT2D eigenvalue weighted by Crippen LogP contribution is 2.19. The molecule has 0 heterocycles.